The molecule has 0 saturated heterocycles. The van der Waals surface area contributed by atoms with E-state index in [9.17, 15) is 4.79 Å². The van der Waals surface area contributed by atoms with Crippen molar-refractivity contribution in [1.82, 2.24) is 5.32 Å². The van der Waals surface area contributed by atoms with Gasteiger partial charge in [0.05, 0.1) is 7.11 Å². The molecule has 0 unspecified atom stereocenters. The molecule has 0 atom stereocenters. The number of aryl methyl sites for hydroxylation is 1. The van der Waals surface area contributed by atoms with Crippen molar-refractivity contribution in [3.8, 4) is 11.5 Å². The lowest BCUT2D eigenvalue weighted by Crippen LogP contribution is -2.23. The van der Waals surface area contributed by atoms with E-state index in [1.807, 2.05) is 31.2 Å². The second kappa shape index (κ2) is 8.03. The molecule has 4 heteroatoms. The van der Waals surface area contributed by atoms with Gasteiger partial charge in [-0.05, 0) is 36.8 Å². The summed E-state index contributed by atoms with van der Waals surface area (Å²) in [6, 6.07) is 13.1. The Morgan fingerprint density at radius 3 is 2.70 bits per heavy atom. The predicted octanol–water partition coefficient (Wildman–Crippen LogP) is 3.50. The topological polar surface area (TPSA) is 47.6 Å². The molecule has 2 rings (SSSR count). The maximum atomic E-state index is 12.0. The zero-order chi connectivity index (χ0) is 16.7. The van der Waals surface area contributed by atoms with E-state index in [1.54, 1.807) is 31.4 Å². The molecular weight excluding hydrogens is 290 g/mol. The number of benzene rings is 2. The van der Waals surface area contributed by atoms with Gasteiger partial charge in [-0.3, -0.25) is 4.79 Å². The Morgan fingerprint density at radius 1 is 1.22 bits per heavy atom. The minimum Gasteiger partial charge on any atom is -0.496 e. The summed E-state index contributed by atoms with van der Waals surface area (Å²) < 4.78 is 11.2. The van der Waals surface area contributed by atoms with E-state index in [-0.39, 0.29) is 5.91 Å². The third-order valence-electron chi connectivity index (χ3n) is 3.43. The average molecular weight is 311 g/mol. The lowest BCUT2D eigenvalue weighted by Gasteiger charge is -2.13. The summed E-state index contributed by atoms with van der Waals surface area (Å²) in [5.41, 5.74) is 2.45. The van der Waals surface area contributed by atoms with E-state index in [2.05, 4.69) is 11.9 Å². The number of carbonyl (C=O) groups excluding carboxylic acids is 1. The van der Waals surface area contributed by atoms with Gasteiger partial charge >= 0.3 is 0 Å². The van der Waals surface area contributed by atoms with Gasteiger partial charge in [-0.15, -0.1) is 6.58 Å². The minimum absolute atomic E-state index is 0.148. The molecule has 0 radical (unpaired) electrons. The molecule has 0 aliphatic rings. The van der Waals surface area contributed by atoms with Crippen molar-refractivity contribution in [2.45, 2.75) is 13.5 Å². The quantitative estimate of drug-likeness (QED) is 0.796. The van der Waals surface area contributed by atoms with Crippen LogP contribution >= 0.6 is 0 Å². The number of hydrogen-bond donors (Lipinski definition) is 1. The normalized spacial score (nSPS) is 10.0. The first-order chi connectivity index (χ1) is 11.2. The molecule has 0 fully saturated rings. The fourth-order valence-electron chi connectivity index (χ4n) is 2.17. The fraction of sp³-hybridized carbons (Fsp3) is 0.211. The molecule has 0 aliphatic heterocycles. The average Bonchev–Trinajstić information content (AvgIpc) is 2.58. The Morgan fingerprint density at radius 2 is 2.00 bits per heavy atom. The highest BCUT2D eigenvalue weighted by Gasteiger charge is 2.11. The largest absolute Gasteiger partial charge is 0.496 e. The summed E-state index contributed by atoms with van der Waals surface area (Å²) in [4.78, 5) is 12.0. The van der Waals surface area contributed by atoms with Crippen LogP contribution in [0.4, 0.5) is 0 Å². The van der Waals surface area contributed by atoms with Crippen LogP contribution in [0.2, 0.25) is 0 Å². The molecule has 2 aromatic carbocycles. The maximum Gasteiger partial charge on any atom is 0.251 e. The van der Waals surface area contributed by atoms with Gasteiger partial charge in [-0.25, -0.2) is 0 Å². The first-order valence-corrected chi connectivity index (χ1v) is 7.40. The van der Waals surface area contributed by atoms with Gasteiger partial charge in [0.25, 0.3) is 5.91 Å². The molecule has 1 amide bonds. The van der Waals surface area contributed by atoms with Crippen molar-refractivity contribution in [3.05, 3.63) is 71.8 Å². The van der Waals surface area contributed by atoms with E-state index < -0.39 is 0 Å². The Bertz CT molecular complexity index is 695. The molecular formula is C19H21NO3. The van der Waals surface area contributed by atoms with Crippen LogP contribution in [0.15, 0.2) is 55.1 Å². The molecule has 4 nitrogen and oxygen atoms in total. The number of hydrogen-bond acceptors (Lipinski definition) is 3. The van der Waals surface area contributed by atoms with Gasteiger partial charge in [0.1, 0.15) is 18.1 Å². The Kier molecular flexibility index (Phi) is 5.80. The van der Waals surface area contributed by atoms with E-state index >= 15 is 0 Å². The van der Waals surface area contributed by atoms with Gasteiger partial charge in [0.15, 0.2) is 0 Å². The molecule has 1 N–H and O–H groups in total. The smallest absolute Gasteiger partial charge is 0.251 e. The lowest BCUT2D eigenvalue weighted by molar-refractivity contribution is 0.0958. The number of nitrogens with one attached hydrogen (secondary N) is 1. The van der Waals surface area contributed by atoms with Crippen LogP contribution < -0.4 is 14.8 Å². The van der Waals surface area contributed by atoms with E-state index in [4.69, 9.17) is 9.47 Å². The van der Waals surface area contributed by atoms with Crippen molar-refractivity contribution in [2.75, 3.05) is 13.7 Å². The number of para-hydroxylation sites is 1. The SMILES string of the molecule is C=CCNC(=O)c1ccc(OC)c(COc2ccccc2C)c1. The van der Waals surface area contributed by atoms with Crippen molar-refractivity contribution >= 4 is 5.91 Å². The number of ether oxygens (including phenoxy) is 2. The summed E-state index contributed by atoms with van der Waals surface area (Å²) in [5.74, 6) is 1.36. The van der Waals surface area contributed by atoms with Crippen LogP contribution in [0.5, 0.6) is 11.5 Å². The second-order valence-corrected chi connectivity index (χ2v) is 5.08. The second-order valence-electron chi connectivity index (χ2n) is 5.08. The van der Waals surface area contributed by atoms with Crippen molar-refractivity contribution in [3.63, 3.8) is 0 Å². The number of amides is 1. The number of methoxy groups -OCH3 is 1. The maximum absolute atomic E-state index is 12.0. The third-order valence-corrected chi connectivity index (χ3v) is 3.43. The Labute approximate surface area is 136 Å². The molecule has 0 heterocycles. The van der Waals surface area contributed by atoms with Crippen molar-refractivity contribution < 1.29 is 14.3 Å². The van der Waals surface area contributed by atoms with Crippen molar-refractivity contribution in [2.24, 2.45) is 0 Å². The standard InChI is InChI=1S/C19H21NO3/c1-4-11-20-19(21)15-9-10-18(22-3)16(12-15)13-23-17-8-6-5-7-14(17)2/h4-10,12H,1,11,13H2,2-3H3,(H,20,21). The minimum atomic E-state index is -0.148. The van der Waals surface area contributed by atoms with Crippen LogP contribution in [0, 0.1) is 6.92 Å². The first-order valence-electron chi connectivity index (χ1n) is 7.40. The van der Waals surface area contributed by atoms with E-state index in [1.165, 1.54) is 0 Å². The zero-order valence-corrected chi connectivity index (χ0v) is 13.5. The van der Waals surface area contributed by atoms with Crippen molar-refractivity contribution in [1.29, 1.82) is 0 Å². The summed E-state index contributed by atoms with van der Waals surface area (Å²) in [6.45, 7) is 6.34. The Hall–Kier alpha value is -2.75. The molecule has 0 aromatic heterocycles. The molecule has 23 heavy (non-hydrogen) atoms. The number of rotatable bonds is 7. The van der Waals surface area contributed by atoms with Gasteiger partial charge in [-0.2, -0.15) is 0 Å². The summed E-state index contributed by atoms with van der Waals surface area (Å²) in [7, 11) is 1.60. The summed E-state index contributed by atoms with van der Waals surface area (Å²) in [6.07, 6.45) is 1.64. The van der Waals surface area contributed by atoms with Gasteiger partial charge < -0.3 is 14.8 Å². The van der Waals surface area contributed by atoms with Crippen LogP contribution in [0.1, 0.15) is 21.5 Å². The lowest BCUT2D eigenvalue weighted by atomic mass is 10.1. The zero-order valence-electron chi connectivity index (χ0n) is 13.5. The highest BCUT2D eigenvalue weighted by molar-refractivity contribution is 5.94. The molecule has 0 bridgehead atoms. The molecule has 120 valence electrons. The molecule has 0 spiro atoms. The highest BCUT2D eigenvalue weighted by atomic mass is 16.5. The first kappa shape index (κ1) is 16.6. The number of carbonyl (C=O) groups is 1. The molecule has 0 aliphatic carbocycles. The van der Waals surface area contributed by atoms with Crippen LogP contribution in [-0.2, 0) is 6.61 Å². The monoisotopic (exact) mass is 311 g/mol. The van der Waals surface area contributed by atoms with Gasteiger partial charge in [-0.1, -0.05) is 24.3 Å². The summed E-state index contributed by atoms with van der Waals surface area (Å²) in [5, 5.41) is 2.76. The highest BCUT2D eigenvalue weighted by Crippen LogP contribution is 2.23. The Balaban J connectivity index is 2.17. The van der Waals surface area contributed by atoms with Crippen LogP contribution in [-0.4, -0.2) is 19.6 Å². The van der Waals surface area contributed by atoms with Crippen LogP contribution in [0.3, 0.4) is 0 Å². The van der Waals surface area contributed by atoms with E-state index in [0.717, 1.165) is 16.9 Å². The van der Waals surface area contributed by atoms with E-state index in [0.29, 0.717) is 24.5 Å². The third kappa shape index (κ3) is 4.36. The van der Waals surface area contributed by atoms with Crippen LogP contribution in [0.25, 0.3) is 0 Å². The summed E-state index contributed by atoms with van der Waals surface area (Å²) >= 11 is 0. The fourth-order valence-corrected chi connectivity index (χ4v) is 2.17. The van der Waals surface area contributed by atoms with Gasteiger partial charge in [0.2, 0.25) is 0 Å². The van der Waals surface area contributed by atoms with Gasteiger partial charge in [0, 0.05) is 17.7 Å². The predicted molar refractivity (Wildman–Crippen MR) is 91.0 cm³/mol. The molecule has 2 aromatic rings. The molecule has 0 saturated carbocycles.